The highest BCUT2D eigenvalue weighted by Gasteiger charge is 2.08. The Kier molecular flexibility index (Phi) is 4.02. The fourth-order valence-corrected chi connectivity index (χ4v) is 1.83. The average Bonchev–Trinajstić information content (AvgIpc) is 2.38. The molecule has 19 heavy (non-hydrogen) atoms. The van der Waals surface area contributed by atoms with Crippen molar-refractivity contribution >= 4 is 17.4 Å². The van der Waals surface area contributed by atoms with Gasteiger partial charge in [0.05, 0.1) is 5.02 Å². The zero-order valence-electron chi connectivity index (χ0n) is 9.99. The van der Waals surface area contributed by atoms with E-state index in [4.69, 9.17) is 27.5 Å². The molecular formula is C14H12ClFN2O. The summed E-state index contributed by atoms with van der Waals surface area (Å²) in [6.07, 6.45) is 0. The summed E-state index contributed by atoms with van der Waals surface area (Å²) < 4.78 is 18.7. The van der Waals surface area contributed by atoms with Crippen LogP contribution in [0.15, 0.2) is 42.5 Å². The molecule has 5 heteroatoms. The first-order chi connectivity index (χ1) is 9.08. The molecule has 0 aliphatic rings. The van der Waals surface area contributed by atoms with E-state index in [2.05, 4.69) is 0 Å². The number of nitrogens with one attached hydrogen (secondary N) is 1. The SMILES string of the molecule is N=C(N)c1cc(F)ccc1COc1ccccc1Cl. The smallest absolute Gasteiger partial charge is 0.138 e. The van der Waals surface area contributed by atoms with Gasteiger partial charge in [0, 0.05) is 11.1 Å². The van der Waals surface area contributed by atoms with Crippen LogP contribution in [0.5, 0.6) is 5.75 Å². The van der Waals surface area contributed by atoms with Crippen LogP contribution in [0.1, 0.15) is 11.1 Å². The van der Waals surface area contributed by atoms with E-state index >= 15 is 0 Å². The first kappa shape index (κ1) is 13.4. The van der Waals surface area contributed by atoms with Crippen LogP contribution in [-0.4, -0.2) is 5.84 Å². The monoisotopic (exact) mass is 278 g/mol. The van der Waals surface area contributed by atoms with Gasteiger partial charge in [-0.05, 0) is 24.3 Å². The summed E-state index contributed by atoms with van der Waals surface area (Å²) in [4.78, 5) is 0. The number of para-hydroxylation sites is 1. The van der Waals surface area contributed by atoms with Crippen molar-refractivity contribution in [1.82, 2.24) is 0 Å². The molecule has 0 fully saturated rings. The van der Waals surface area contributed by atoms with Gasteiger partial charge in [-0.1, -0.05) is 29.8 Å². The highest BCUT2D eigenvalue weighted by atomic mass is 35.5. The van der Waals surface area contributed by atoms with Crippen LogP contribution in [0.25, 0.3) is 0 Å². The molecule has 0 radical (unpaired) electrons. The molecule has 0 saturated heterocycles. The summed E-state index contributed by atoms with van der Waals surface area (Å²) >= 11 is 5.97. The van der Waals surface area contributed by atoms with Gasteiger partial charge in [-0.25, -0.2) is 4.39 Å². The van der Waals surface area contributed by atoms with Gasteiger partial charge < -0.3 is 10.5 Å². The van der Waals surface area contributed by atoms with Gasteiger partial charge in [0.25, 0.3) is 0 Å². The van der Waals surface area contributed by atoms with Crippen molar-refractivity contribution in [1.29, 1.82) is 5.41 Å². The number of nitrogen functional groups attached to an aromatic ring is 1. The predicted molar refractivity (Wildman–Crippen MR) is 73.2 cm³/mol. The van der Waals surface area contributed by atoms with Crippen LogP contribution in [-0.2, 0) is 6.61 Å². The zero-order valence-corrected chi connectivity index (χ0v) is 10.7. The van der Waals surface area contributed by atoms with Crippen molar-refractivity contribution < 1.29 is 9.13 Å². The molecule has 3 N–H and O–H groups in total. The van der Waals surface area contributed by atoms with E-state index in [1.165, 1.54) is 12.1 Å². The van der Waals surface area contributed by atoms with Crippen molar-refractivity contribution in [2.75, 3.05) is 0 Å². The van der Waals surface area contributed by atoms with Crippen LogP contribution in [0.3, 0.4) is 0 Å². The largest absolute Gasteiger partial charge is 0.487 e. The van der Waals surface area contributed by atoms with Crippen molar-refractivity contribution in [3.63, 3.8) is 0 Å². The molecule has 2 aromatic carbocycles. The summed E-state index contributed by atoms with van der Waals surface area (Å²) in [5.74, 6) is -0.105. The summed E-state index contributed by atoms with van der Waals surface area (Å²) in [5.41, 5.74) is 6.38. The van der Waals surface area contributed by atoms with E-state index < -0.39 is 5.82 Å². The van der Waals surface area contributed by atoms with Crippen molar-refractivity contribution in [2.24, 2.45) is 5.73 Å². The van der Waals surface area contributed by atoms with Gasteiger partial charge >= 0.3 is 0 Å². The van der Waals surface area contributed by atoms with E-state index in [-0.39, 0.29) is 12.4 Å². The molecule has 0 atom stereocenters. The Morgan fingerprint density at radius 3 is 2.68 bits per heavy atom. The second kappa shape index (κ2) is 5.71. The van der Waals surface area contributed by atoms with Gasteiger partial charge in [0.15, 0.2) is 0 Å². The van der Waals surface area contributed by atoms with Gasteiger partial charge in [0.2, 0.25) is 0 Å². The Bertz CT molecular complexity index is 616. The highest BCUT2D eigenvalue weighted by Crippen LogP contribution is 2.24. The van der Waals surface area contributed by atoms with Crippen molar-refractivity contribution in [3.8, 4) is 5.75 Å². The molecule has 3 nitrogen and oxygen atoms in total. The topological polar surface area (TPSA) is 59.1 Å². The number of rotatable bonds is 4. The first-order valence-corrected chi connectivity index (χ1v) is 5.96. The molecular weight excluding hydrogens is 267 g/mol. The number of nitrogens with two attached hydrogens (primary N) is 1. The van der Waals surface area contributed by atoms with Gasteiger partial charge in [-0.15, -0.1) is 0 Å². The minimum atomic E-state index is -0.438. The molecule has 0 amide bonds. The maximum absolute atomic E-state index is 13.1. The summed E-state index contributed by atoms with van der Waals surface area (Å²) in [5, 5.41) is 7.92. The third-order valence-corrected chi connectivity index (χ3v) is 2.89. The molecule has 0 unspecified atom stereocenters. The fourth-order valence-electron chi connectivity index (χ4n) is 1.64. The van der Waals surface area contributed by atoms with Crippen LogP contribution in [0.2, 0.25) is 5.02 Å². The third kappa shape index (κ3) is 3.23. The van der Waals surface area contributed by atoms with E-state index in [0.29, 0.717) is 21.9 Å². The molecule has 0 bridgehead atoms. The Hall–Kier alpha value is -2.07. The maximum atomic E-state index is 13.1. The fraction of sp³-hybridized carbons (Fsp3) is 0.0714. The standard InChI is InChI=1S/C14H12ClFN2O/c15-12-3-1-2-4-13(12)19-8-9-5-6-10(16)7-11(9)14(17)18/h1-7H,8H2,(H3,17,18). The number of hydrogen-bond donors (Lipinski definition) is 2. The number of ether oxygens (including phenoxy) is 1. The molecule has 0 heterocycles. The lowest BCUT2D eigenvalue weighted by atomic mass is 10.1. The quantitative estimate of drug-likeness (QED) is 0.666. The average molecular weight is 279 g/mol. The molecule has 0 saturated carbocycles. The lowest BCUT2D eigenvalue weighted by molar-refractivity contribution is 0.306. The van der Waals surface area contributed by atoms with Crippen LogP contribution in [0.4, 0.5) is 4.39 Å². The molecule has 0 aromatic heterocycles. The van der Waals surface area contributed by atoms with E-state index in [1.807, 2.05) is 0 Å². The Morgan fingerprint density at radius 2 is 2.00 bits per heavy atom. The number of amidine groups is 1. The van der Waals surface area contributed by atoms with E-state index in [9.17, 15) is 4.39 Å². The second-order valence-electron chi connectivity index (χ2n) is 3.93. The number of halogens is 2. The third-order valence-electron chi connectivity index (χ3n) is 2.58. The summed E-state index contributed by atoms with van der Waals surface area (Å²) in [7, 11) is 0. The molecule has 2 aromatic rings. The molecule has 0 spiro atoms. The maximum Gasteiger partial charge on any atom is 0.138 e. The number of benzene rings is 2. The van der Waals surface area contributed by atoms with E-state index in [0.717, 1.165) is 0 Å². The predicted octanol–water partition coefficient (Wildman–Crippen LogP) is 3.34. The minimum absolute atomic E-state index is 0.166. The lowest BCUT2D eigenvalue weighted by Crippen LogP contribution is -2.15. The normalized spacial score (nSPS) is 10.2. The summed E-state index contributed by atoms with van der Waals surface area (Å²) in [6, 6.07) is 11.1. The lowest BCUT2D eigenvalue weighted by Gasteiger charge is -2.11. The number of hydrogen-bond acceptors (Lipinski definition) is 2. The van der Waals surface area contributed by atoms with Gasteiger partial charge in [-0.2, -0.15) is 0 Å². The van der Waals surface area contributed by atoms with Crippen LogP contribution < -0.4 is 10.5 Å². The second-order valence-corrected chi connectivity index (χ2v) is 4.34. The van der Waals surface area contributed by atoms with E-state index in [1.54, 1.807) is 30.3 Å². The zero-order chi connectivity index (χ0) is 13.8. The highest BCUT2D eigenvalue weighted by molar-refractivity contribution is 6.32. The summed E-state index contributed by atoms with van der Waals surface area (Å²) in [6.45, 7) is 0.166. The van der Waals surface area contributed by atoms with Crippen LogP contribution >= 0.6 is 11.6 Å². The van der Waals surface area contributed by atoms with Crippen molar-refractivity contribution in [3.05, 3.63) is 64.4 Å². The first-order valence-electron chi connectivity index (χ1n) is 5.58. The van der Waals surface area contributed by atoms with Gasteiger partial charge in [-0.3, -0.25) is 5.41 Å². The molecule has 0 aliphatic carbocycles. The van der Waals surface area contributed by atoms with Gasteiger partial charge in [0.1, 0.15) is 24.0 Å². The van der Waals surface area contributed by atoms with Crippen LogP contribution in [0, 0.1) is 11.2 Å². The Morgan fingerprint density at radius 1 is 1.26 bits per heavy atom. The molecule has 0 aliphatic heterocycles. The van der Waals surface area contributed by atoms with Crippen molar-refractivity contribution in [2.45, 2.75) is 6.61 Å². The minimum Gasteiger partial charge on any atom is -0.487 e. The molecule has 2 rings (SSSR count). The Labute approximate surface area is 115 Å². The Balaban J connectivity index is 2.20. The molecule has 98 valence electrons.